The van der Waals surface area contributed by atoms with Gasteiger partial charge in [0, 0.05) is 0 Å². The Balaban J connectivity index is 2.35. The number of carboxylic acids is 1. The Kier molecular flexibility index (Phi) is 4.99. The van der Waals surface area contributed by atoms with Gasteiger partial charge in [-0.3, -0.25) is 4.72 Å². The topological polar surface area (TPSA) is 83.5 Å². The van der Waals surface area contributed by atoms with Gasteiger partial charge in [0.25, 0.3) is 10.0 Å². The Morgan fingerprint density at radius 1 is 1.29 bits per heavy atom. The van der Waals surface area contributed by atoms with Crippen LogP contribution in [0.2, 0.25) is 5.02 Å². The van der Waals surface area contributed by atoms with Gasteiger partial charge >= 0.3 is 5.97 Å². The SMILES string of the molecule is O=C(O)c1ccc(NS(=O)(=O)c2cc(Br)sc2Br)cc1Cl. The highest BCUT2D eigenvalue weighted by molar-refractivity contribution is 9.12. The van der Waals surface area contributed by atoms with Crippen LogP contribution in [0, 0.1) is 0 Å². The van der Waals surface area contributed by atoms with Crippen LogP contribution in [0.3, 0.4) is 0 Å². The Bertz CT molecular complexity index is 820. The molecule has 0 saturated heterocycles. The standard InChI is InChI=1S/C11H6Br2ClNO4S2/c12-9-4-8(10(13)20-9)21(18,19)15-5-1-2-6(11(16)17)7(14)3-5/h1-4,15H,(H,16,17). The summed E-state index contributed by atoms with van der Waals surface area (Å²) in [4.78, 5) is 10.9. The van der Waals surface area contributed by atoms with Gasteiger partial charge < -0.3 is 5.11 Å². The monoisotopic (exact) mass is 473 g/mol. The number of benzene rings is 1. The number of hydrogen-bond acceptors (Lipinski definition) is 4. The number of nitrogens with one attached hydrogen (secondary N) is 1. The van der Waals surface area contributed by atoms with Crippen molar-refractivity contribution in [3.63, 3.8) is 0 Å². The molecule has 0 radical (unpaired) electrons. The summed E-state index contributed by atoms with van der Waals surface area (Å²) in [6, 6.07) is 5.28. The number of hydrogen-bond donors (Lipinski definition) is 2. The van der Waals surface area contributed by atoms with E-state index in [0.29, 0.717) is 7.57 Å². The zero-order chi connectivity index (χ0) is 15.8. The minimum Gasteiger partial charge on any atom is -0.478 e. The van der Waals surface area contributed by atoms with Gasteiger partial charge in [0.15, 0.2) is 0 Å². The Hall–Kier alpha value is -0.610. The number of halogens is 3. The number of sulfonamides is 1. The minimum atomic E-state index is -3.80. The summed E-state index contributed by atoms with van der Waals surface area (Å²) in [6.07, 6.45) is 0. The lowest BCUT2D eigenvalue weighted by Crippen LogP contribution is -2.13. The fraction of sp³-hybridized carbons (Fsp3) is 0. The maximum Gasteiger partial charge on any atom is 0.337 e. The fourth-order valence-corrected chi connectivity index (χ4v) is 6.59. The molecule has 5 nitrogen and oxygen atoms in total. The summed E-state index contributed by atoms with van der Waals surface area (Å²) in [5.74, 6) is -1.18. The third-order valence-electron chi connectivity index (χ3n) is 2.37. The molecule has 21 heavy (non-hydrogen) atoms. The van der Waals surface area contributed by atoms with E-state index in [1.165, 1.54) is 35.6 Å². The van der Waals surface area contributed by atoms with Crippen LogP contribution < -0.4 is 4.72 Å². The van der Waals surface area contributed by atoms with Crippen molar-refractivity contribution in [3.05, 3.63) is 42.4 Å². The van der Waals surface area contributed by atoms with Crippen LogP contribution in [0.5, 0.6) is 0 Å². The molecule has 0 spiro atoms. The molecule has 0 aliphatic rings. The molecule has 10 heteroatoms. The van der Waals surface area contributed by atoms with Gasteiger partial charge in [0.05, 0.1) is 23.8 Å². The summed E-state index contributed by atoms with van der Waals surface area (Å²) in [6.45, 7) is 0. The van der Waals surface area contributed by atoms with E-state index in [2.05, 4.69) is 36.6 Å². The normalized spacial score (nSPS) is 11.4. The molecule has 0 atom stereocenters. The van der Waals surface area contributed by atoms with Crippen LogP contribution in [-0.4, -0.2) is 19.5 Å². The number of rotatable bonds is 4. The molecule has 0 amide bonds. The fourth-order valence-electron chi connectivity index (χ4n) is 1.47. The number of thiophene rings is 1. The van der Waals surface area contributed by atoms with Crippen molar-refractivity contribution in [2.24, 2.45) is 0 Å². The quantitative estimate of drug-likeness (QED) is 0.686. The minimum absolute atomic E-state index is 0.0479. The average molecular weight is 476 g/mol. The largest absolute Gasteiger partial charge is 0.478 e. The zero-order valence-corrected chi connectivity index (χ0v) is 15.5. The van der Waals surface area contributed by atoms with Crippen LogP contribution in [0.1, 0.15) is 10.4 Å². The molecule has 0 saturated carbocycles. The van der Waals surface area contributed by atoms with Gasteiger partial charge in [-0.2, -0.15) is 0 Å². The lowest BCUT2D eigenvalue weighted by molar-refractivity contribution is 0.0697. The molecule has 2 rings (SSSR count). The van der Waals surface area contributed by atoms with Crippen molar-refractivity contribution in [1.82, 2.24) is 0 Å². The van der Waals surface area contributed by atoms with Crippen molar-refractivity contribution >= 4 is 76.5 Å². The summed E-state index contributed by atoms with van der Waals surface area (Å²) in [7, 11) is -3.80. The molecule has 0 fully saturated rings. The van der Waals surface area contributed by atoms with Crippen molar-refractivity contribution in [2.75, 3.05) is 4.72 Å². The lowest BCUT2D eigenvalue weighted by atomic mass is 10.2. The highest BCUT2D eigenvalue weighted by Crippen LogP contribution is 2.35. The maximum absolute atomic E-state index is 12.3. The van der Waals surface area contributed by atoms with Crippen molar-refractivity contribution in [1.29, 1.82) is 0 Å². The van der Waals surface area contributed by atoms with Gasteiger partial charge in [0.2, 0.25) is 0 Å². The van der Waals surface area contributed by atoms with Crippen molar-refractivity contribution < 1.29 is 18.3 Å². The molecule has 0 unspecified atom stereocenters. The number of anilines is 1. The predicted octanol–water partition coefficient (Wildman–Crippen LogP) is 4.43. The summed E-state index contributed by atoms with van der Waals surface area (Å²) < 4.78 is 28.0. The molecule has 2 aromatic rings. The second-order valence-corrected chi connectivity index (χ2v) is 9.60. The van der Waals surface area contributed by atoms with E-state index in [1.54, 1.807) is 0 Å². The van der Waals surface area contributed by atoms with E-state index >= 15 is 0 Å². The Morgan fingerprint density at radius 3 is 2.43 bits per heavy atom. The first-order chi connectivity index (χ1) is 9.70. The lowest BCUT2D eigenvalue weighted by Gasteiger charge is -2.08. The first-order valence-electron chi connectivity index (χ1n) is 5.21. The smallest absolute Gasteiger partial charge is 0.337 e. The number of aromatic carboxylic acids is 1. The molecule has 2 N–H and O–H groups in total. The van der Waals surface area contributed by atoms with Crippen LogP contribution in [-0.2, 0) is 10.0 Å². The maximum atomic E-state index is 12.3. The second-order valence-electron chi connectivity index (χ2n) is 3.79. The summed E-state index contributed by atoms with van der Waals surface area (Å²) in [5.41, 5.74) is 0.0818. The summed E-state index contributed by atoms with van der Waals surface area (Å²) in [5, 5.41) is 8.83. The van der Waals surface area contributed by atoms with E-state index in [0.717, 1.165) is 0 Å². The predicted molar refractivity (Wildman–Crippen MR) is 88.9 cm³/mol. The Labute approximate surface area is 146 Å². The molecule has 1 heterocycles. The van der Waals surface area contributed by atoms with Gasteiger partial charge in [-0.05, 0) is 56.1 Å². The zero-order valence-electron chi connectivity index (χ0n) is 9.93. The third-order valence-corrected chi connectivity index (χ3v) is 6.82. The molecule has 1 aromatic heterocycles. The molecule has 0 aliphatic heterocycles. The van der Waals surface area contributed by atoms with E-state index < -0.39 is 16.0 Å². The number of carbonyl (C=O) groups is 1. The van der Waals surface area contributed by atoms with Crippen LogP contribution >= 0.6 is 54.8 Å². The highest BCUT2D eigenvalue weighted by Gasteiger charge is 2.21. The van der Waals surface area contributed by atoms with Gasteiger partial charge in [-0.25, -0.2) is 13.2 Å². The first kappa shape index (κ1) is 16.8. The molecule has 1 aromatic carbocycles. The van der Waals surface area contributed by atoms with Crippen molar-refractivity contribution in [3.8, 4) is 0 Å². The summed E-state index contributed by atoms with van der Waals surface area (Å²) >= 11 is 13.4. The van der Waals surface area contributed by atoms with Gasteiger partial charge in [-0.1, -0.05) is 11.6 Å². The van der Waals surface area contributed by atoms with E-state index in [4.69, 9.17) is 16.7 Å². The van der Waals surface area contributed by atoms with Crippen LogP contribution in [0.15, 0.2) is 36.7 Å². The van der Waals surface area contributed by atoms with Crippen LogP contribution in [0.25, 0.3) is 0 Å². The average Bonchev–Trinajstić information content (AvgIpc) is 2.68. The van der Waals surface area contributed by atoms with E-state index in [1.807, 2.05) is 0 Å². The van der Waals surface area contributed by atoms with Crippen LogP contribution in [0.4, 0.5) is 5.69 Å². The second kappa shape index (κ2) is 6.25. The molecular weight excluding hydrogens is 470 g/mol. The third kappa shape index (κ3) is 3.78. The van der Waals surface area contributed by atoms with Gasteiger partial charge in [0.1, 0.15) is 4.90 Å². The number of carboxylic acid groups (broad SMARTS) is 1. The van der Waals surface area contributed by atoms with E-state index in [-0.39, 0.29) is 21.2 Å². The molecule has 0 aliphatic carbocycles. The van der Waals surface area contributed by atoms with Gasteiger partial charge in [-0.15, -0.1) is 11.3 Å². The molecular formula is C11H6Br2ClNO4S2. The Morgan fingerprint density at radius 2 is 1.95 bits per heavy atom. The molecule has 0 bridgehead atoms. The van der Waals surface area contributed by atoms with E-state index in [9.17, 15) is 13.2 Å². The molecule has 112 valence electrons. The van der Waals surface area contributed by atoms with Crippen molar-refractivity contribution in [2.45, 2.75) is 4.90 Å². The first-order valence-corrected chi connectivity index (χ1v) is 9.47. The highest BCUT2D eigenvalue weighted by atomic mass is 79.9.